The lowest BCUT2D eigenvalue weighted by Gasteiger charge is -2.07. The SMILES string of the molecule is Cc1ccc(S(=O)(=O)n2cc(Br)c3ncc(C)nc32)cc1. The van der Waals surface area contributed by atoms with Crippen molar-refractivity contribution in [1.82, 2.24) is 13.9 Å². The first-order chi connectivity index (χ1) is 9.89. The Bertz CT molecular complexity index is 931. The number of halogens is 1. The number of hydrogen-bond acceptors (Lipinski definition) is 4. The van der Waals surface area contributed by atoms with E-state index in [2.05, 4.69) is 25.9 Å². The Hall–Kier alpha value is -1.73. The van der Waals surface area contributed by atoms with E-state index in [1.807, 2.05) is 6.92 Å². The fourth-order valence-corrected chi connectivity index (χ4v) is 3.95. The molecule has 0 fully saturated rings. The number of benzene rings is 1. The minimum absolute atomic E-state index is 0.223. The predicted octanol–water partition coefficient (Wildman–Crippen LogP) is 3.05. The molecule has 1 aromatic carbocycles. The second-order valence-electron chi connectivity index (χ2n) is 4.77. The molecule has 0 amide bonds. The van der Waals surface area contributed by atoms with Gasteiger partial charge in [-0.3, -0.25) is 0 Å². The Morgan fingerprint density at radius 3 is 2.48 bits per heavy atom. The lowest BCUT2D eigenvalue weighted by Crippen LogP contribution is -2.12. The van der Waals surface area contributed by atoms with E-state index in [9.17, 15) is 8.42 Å². The van der Waals surface area contributed by atoms with Crippen LogP contribution in [-0.4, -0.2) is 22.4 Å². The fraction of sp³-hybridized carbons (Fsp3) is 0.143. The number of nitrogens with zero attached hydrogens (tertiary/aromatic N) is 3. The van der Waals surface area contributed by atoms with Crippen LogP contribution in [0.15, 0.2) is 46.0 Å². The molecule has 0 saturated heterocycles. The lowest BCUT2D eigenvalue weighted by molar-refractivity contribution is 0.588. The molecule has 0 aliphatic heterocycles. The van der Waals surface area contributed by atoms with Crippen molar-refractivity contribution in [2.24, 2.45) is 0 Å². The molecule has 0 atom stereocenters. The van der Waals surface area contributed by atoms with Crippen molar-refractivity contribution in [1.29, 1.82) is 0 Å². The molecule has 0 aliphatic carbocycles. The van der Waals surface area contributed by atoms with Gasteiger partial charge in [-0.1, -0.05) is 17.7 Å². The normalized spacial score (nSPS) is 12.0. The van der Waals surface area contributed by atoms with Crippen LogP contribution in [0, 0.1) is 13.8 Å². The fourth-order valence-electron chi connectivity index (χ4n) is 2.02. The number of rotatable bonds is 2. The zero-order valence-corrected chi connectivity index (χ0v) is 13.8. The molecule has 0 bridgehead atoms. The summed E-state index contributed by atoms with van der Waals surface area (Å²) < 4.78 is 27.3. The number of hydrogen-bond donors (Lipinski definition) is 0. The quantitative estimate of drug-likeness (QED) is 0.699. The van der Waals surface area contributed by atoms with Gasteiger partial charge in [-0.25, -0.2) is 22.4 Å². The van der Waals surface area contributed by atoms with Crippen LogP contribution < -0.4 is 0 Å². The van der Waals surface area contributed by atoms with E-state index in [4.69, 9.17) is 0 Å². The van der Waals surface area contributed by atoms with Crippen LogP contribution in [0.3, 0.4) is 0 Å². The first kappa shape index (κ1) is 14.2. The van der Waals surface area contributed by atoms with Gasteiger partial charge in [-0.15, -0.1) is 0 Å². The third-order valence-electron chi connectivity index (χ3n) is 3.12. The molecule has 0 saturated carbocycles. The summed E-state index contributed by atoms with van der Waals surface area (Å²) in [7, 11) is -3.69. The zero-order valence-electron chi connectivity index (χ0n) is 11.4. The van der Waals surface area contributed by atoms with E-state index < -0.39 is 10.0 Å². The molecule has 0 radical (unpaired) electrons. The van der Waals surface area contributed by atoms with Crippen LogP contribution in [0.25, 0.3) is 11.2 Å². The van der Waals surface area contributed by atoms with Gasteiger partial charge in [-0.05, 0) is 41.9 Å². The molecule has 3 aromatic rings. The van der Waals surface area contributed by atoms with Crippen LogP contribution in [0.2, 0.25) is 0 Å². The first-order valence-corrected chi connectivity index (χ1v) is 8.45. The summed E-state index contributed by atoms with van der Waals surface area (Å²) in [5.74, 6) is 0. The Morgan fingerprint density at radius 2 is 1.81 bits per heavy atom. The zero-order chi connectivity index (χ0) is 15.2. The molecule has 2 aromatic heterocycles. The standard InChI is InChI=1S/C14H12BrN3O2S/c1-9-3-5-11(6-4-9)21(19,20)18-8-12(15)13-14(18)17-10(2)7-16-13/h3-8H,1-2H3. The van der Waals surface area contributed by atoms with Gasteiger partial charge < -0.3 is 0 Å². The molecule has 0 spiro atoms. The number of aromatic nitrogens is 3. The minimum atomic E-state index is -3.69. The summed E-state index contributed by atoms with van der Waals surface area (Å²) in [6.45, 7) is 3.68. The van der Waals surface area contributed by atoms with Gasteiger partial charge in [0.05, 0.1) is 15.1 Å². The molecule has 7 heteroatoms. The van der Waals surface area contributed by atoms with Gasteiger partial charge in [0.25, 0.3) is 10.0 Å². The Labute approximate surface area is 130 Å². The average molecular weight is 366 g/mol. The van der Waals surface area contributed by atoms with Gasteiger partial charge in [0.2, 0.25) is 0 Å². The third kappa shape index (κ3) is 2.36. The summed E-state index contributed by atoms with van der Waals surface area (Å²) in [5, 5.41) is 0. The molecule has 0 aliphatic rings. The molecule has 5 nitrogen and oxygen atoms in total. The summed E-state index contributed by atoms with van der Waals surface area (Å²) in [6.07, 6.45) is 3.09. The van der Waals surface area contributed by atoms with E-state index in [-0.39, 0.29) is 4.90 Å². The van der Waals surface area contributed by atoms with Crippen molar-refractivity contribution in [2.45, 2.75) is 18.7 Å². The van der Waals surface area contributed by atoms with Crippen LogP contribution in [0.5, 0.6) is 0 Å². The summed E-state index contributed by atoms with van der Waals surface area (Å²) >= 11 is 3.33. The number of fused-ring (bicyclic) bond motifs is 1. The predicted molar refractivity (Wildman–Crippen MR) is 83.7 cm³/mol. The maximum Gasteiger partial charge on any atom is 0.269 e. The minimum Gasteiger partial charge on any atom is -0.250 e. The van der Waals surface area contributed by atoms with Crippen molar-refractivity contribution in [3.63, 3.8) is 0 Å². The van der Waals surface area contributed by atoms with Crippen molar-refractivity contribution in [3.8, 4) is 0 Å². The maximum absolute atomic E-state index is 12.8. The van der Waals surface area contributed by atoms with Crippen LogP contribution >= 0.6 is 15.9 Å². The Morgan fingerprint density at radius 1 is 1.14 bits per heavy atom. The topological polar surface area (TPSA) is 64.8 Å². The average Bonchev–Trinajstić information content (AvgIpc) is 2.76. The second-order valence-corrected chi connectivity index (χ2v) is 7.44. The highest BCUT2D eigenvalue weighted by molar-refractivity contribution is 9.10. The molecule has 2 heterocycles. The van der Waals surface area contributed by atoms with Gasteiger partial charge in [0.1, 0.15) is 5.52 Å². The van der Waals surface area contributed by atoms with Gasteiger partial charge >= 0.3 is 0 Å². The molecule has 3 rings (SSSR count). The lowest BCUT2D eigenvalue weighted by atomic mass is 10.2. The molecule has 0 unspecified atom stereocenters. The van der Waals surface area contributed by atoms with Gasteiger partial charge in [0, 0.05) is 12.4 Å². The monoisotopic (exact) mass is 365 g/mol. The van der Waals surface area contributed by atoms with Crippen molar-refractivity contribution < 1.29 is 8.42 Å². The van der Waals surface area contributed by atoms with E-state index in [0.717, 1.165) is 9.54 Å². The highest BCUT2D eigenvalue weighted by Gasteiger charge is 2.22. The van der Waals surface area contributed by atoms with Crippen LogP contribution in [0.4, 0.5) is 0 Å². The van der Waals surface area contributed by atoms with Crippen LogP contribution in [-0.2, 0) is 10.0 Å². The summed E-state index contributed by atoms with van der Waals surface area (Å²) in [6, 6.07) is 6.72. The molecule has 0 N–H and O–H groups in total. The van der Waals surface area contributed by atoms with Crippen LogP contribution in [0.1, 0.15) is 11.3 Å². The highest BCUT2D eigenvalue weighted by Crippen LogP contribution is 2.27. The maximum atomic E-state index is 12.8. The van der Waals surface area contributed by atoms with Crippen molar-refractivity contribution in [3.05, 3.63) is 52.4 Å². The summed E-state index contributed by atoms with van der Waals surface area (Å²) in [4.78, 5) is 8.75. The Balaban J connectivity index is 2.28. The molecule has 108 valence electrons. The number of aryl methyl sites for hydroxylation is 2. The molecule has 21 heavy (non-hydrogen) atoms. The van der Waals surface area contributed by atoms with Crippen molar-refractivity contribution in [2.75, 3.05) is 0 Å². The molecular weight excluding hydrogens is 354 g/mol. The van der Waals surface area contributed by atoms with Gasteiger partial charge in [0.15, 0.2) is 5.65 Å². The second kappa shape index (κ2) is 4.92. The van der Waals surface area contributed by atoms with E-state index in [1.54, 1.807) is 37.4 Å². The highest BCUT2D eigenvalue weighted by atomic mass is 79.9. The van der Waals surface area contributed by atoms with Gasteiger partial charge in [-0.2, -0.15) is 0 Å². The van der Waals surface area contributed by atoms with E-state index in [1.165, 1.54) is 6.20 Å². The molecular formula is C14H12BrN3O2S. The summed E-state index contributed by atoms with van der Waals surface area (Å²) in [5.41, 5.74) is 2.51. The first-order valence-electron chi connectivity index (χ1n) is 6.22. The largest absolute Gasteiger partial charge is 0.269 e. The van der Waals surface area contributed by atoms with E-state index >= 15 is 0 Å². The third-order valence-corrected chi connectivity index (χ3v) is 5.36. The Kier molecular flexibility index (Phi) is 3.33. The smallest absolute Gasteiger partial charge is 0.250 e. The van der Waals surface area contributed by atoms with Crippen molar-refractivity contribution >= 4 is 37.1 Å². The van der Waals surface area contributed by atoms with E-state index in [0.29, 0.717) is 21.3 Å².